The molecule has 0 aliphatic heterocycles. The second kappa shape index (κ2) is 17.4. The standard InChI is InChI=1S/C22H36O2.Ca.2H/c1-3-5-6-7-8-9-10-11-12-16-19-21(22(23)24-4-2)20-17-14-13-15-18-20;;;/h13-15,17-18,21H,3-12,16,19H2,1-2H3;;;/q;+2;2*-1. The Hall–Kier alpha value is -0.0503. The van der Waals surface area contributed by atoms with Gasteiger partial charge in [-0.3, -0.25) is 4.79 Å². The minimum Gasteiger partial charge on any atom is -1.00 e. The predicted octanol–water partition coefficient (Wildman–Crippen LogP) is 6.49. The Morgan fingerprint density at radius 1 is 0.880 bits per heavy atom. The van der Waals surface area contributed by atoms with Crippen LogP contribution >= 0.6 is 0 Å². The maximum atomic E-state index is 12.2. The first-order valence-electron chi connectivity index (χ1n) is 10.0. The fourth-order valence-corrected chi connectivity index (χ4v) is 3.18. The summed E-state index contributed by atoms with van der Waals surface area (Å²) >= 11 is 0. The Morgan fingerprint density at radius 3 is 1.92 bits per heavy atom. The number of carbonyl (C=O) groups excluding carboxylic acids is 1. The molecule has 0 heterocycles. The Bertz CT molecular complexity index is 430. The largest absolute Gasteiger partial charge is 2.00 e. The van der Waals surface area contributed by atoms with Crippen molar-refractivity contribution in [1.29, 1.82) is 0 Å². The molecule has 3 heteroatoms. The Morgan fingerprint density at radius 2 is 1.40 bits per heavy atom. The molecule has 0 fully saturated rings. The van der Waals surface area contributed by atoms with Gasteiger partial charge in [0.1, 0.15) is 0 Å². The van der Waals surface area contributed by atoms with E-state index in [9.17, 15) is 4.79 Å². The molecule has 0 saturated carbocycles. The summed E-state index contributed by atoms with van der Waals surface area (Å²) in [5.41, 5.74) is 1.09. The van der Waals surface area contributed by atoms with E-state index >= 15 is 0 Å². The summed E-state index contributed by atoms with van der Waals surface area (Å²) in [7, 11) is 0. The van der Waals surface area contributed by atoms with Gasteiger partial charge in [-0.05, 0) is 18.9 Å². The van der Waals surface area contributed by atoms with Crippen LogP contribution in [-0.2, 0) is 9.53 Å². The fraction of sp³-hybridized carbons (Fsp3) is 0.682. The van der Waals surface area contributed by atoms with Crippen LogP contribution in [0, 0.1) is 0 Å². The van der Waals surface area contributed by atoms with Gasteiger partial charge in [-0.25, -0.2) is 0 Å². The first-order chi connectivity index (χ1) is 11.8. The normalized spacial score (nSPS) is 11.6. The number of hydrogen-bond donors (Lipinski definition) is 0. The van der Waals surface area contributed by atoms with Gasteiger partial charge in [0.25, 0.3) is 0 Å². The molecule has 0 aliphatic carbocycles. The predicted molar refractivity (Wildman–Crippen MR) is 110 cm³/mol. The van der Waals surface area contributed by atoms with E-state index in [4.69, 9.17) is 4.74 Å². The number of unbranched alkanes of at least 4 members (excludes halogenated alkanes) is 9. The van der Waals surface area contributed by atoms with Crippen LogP contribution in [0.5, 0.6) is 0 Å². The summed E-state index contributed by atoms with van der Waals surface area (Å²) in [4.78, 5) is 12.2. The zero-order chi connectivity index (χ0) is 17.5. The number of esters is 1. The van der Waals surface area contributed by atoms with E-state index in [1.807, 2.05) is 37.3 Å². The molecule has 140 valence electrons. The van der Waals surface area contributed by atoms with Gasteiger partial charge in [0.05, 0.1) is 12.5 Å². The molecule has 25 heavy (non-hydrogen) atoms. The molecule has 0 saturated heterocycles. The van der Waals surface area contributed by atoms with Crippen LogP contribution < -0.4 is 0 Å². The van der Waals surface area contributed by atoms with Gasteiger partial charge < -0.3 is 7.59 Å². The molecule has 1 aromatic rings. The minimum atomic E-state index is -0.0970. The molecule has 1 rings (SSSR count). The molecular weight excluding hydrogens is 336 g/mol. The third-order valence-corrected chi connectivity index (χ3v) is 4.62. The van der Waals surface area contributed by atoms with E-state index < -0.39 is 0 Å². The Balaban J connectivity index is -0.00000192. The molecular formula is C22H38CaO2. The molecule has 0 N–H and O–H groups in total. The van der Waals surface area contributed by atoms with Crippen LogP contribution in [-0.4, -0.2) is 50.3 Å². The molecule has 1 aromatic carbocycles. The van der Waals surface area contributed by atoms with Crippen molar-refractivity contribution in [2.75, 3.05) is 6.61 Å². The Labute approximate surface area is 188 Å². The molecule has 0 bridgehead atoms. The summed E-state index contributed by atoms with van der Waals surface area (Å²) in [5, 5.41) is 0. The smallest absolute Gasteiger partial charge is 1.00 e. The van der Waals surface area contributed by atoms with E-state index in [-0.39, 0.29) is 52.5 Å². The summed E-state index contributed by atoms with van der Waals surface area (Å²) in [5.74, 6) is -0.167. The van der Waals surface area contributed by atoms with Gasteiger partial charge in [0.2, 0.25) is 0 Å². The molecule has 0 aromatic heterocycles. The zero-order valence-electron chi connectivity index (χ0n) is 18.5. The fourth-order valence-electron chi connectivity index (χ4n) is 3.18. The summed E-state index contributed by atoms with van der Waals surface area (Å²) in [6.45, 7) is 4.60. The average molecular weight is 375 g/mol. The van der Waals surface area contributed by atoms with Crippen LogP contribution in [0.2, 0.25) is 0 Å². The SMILES string of the molecule is CCCCCCCCCCCCC(C(=O)OCC)c1ccccc1.[Ca+2].[H-].[H-]. The van der Waals surface area contributed by atoms with E-state index in [1.165, 1.54) is 57.8 Å². The maximum Gasteiger partial charge on any atom is 2.00 e. The second-order valence-electron chi connectivity index (χ2n) is 6.69. The van der Waals surface area contributed by atoms with Crippen molar-refractivity contribution in [1.82, 2.24) is 0 Å². The van der Waals surface area contributed by atoms with Crippen molar-refractivity contribution in [3.8, 4) is 0 Å². The molecule has 0 amide bonds. The van der Waals surface area contributed by atoms with Crippen LogP contribution in [0.3, 0.4) is 0 Å². The van der Waals surface area contributed by atoms with E-state index in [2.05, 4.69) is 6.92 Å². The minimum absolute atomic E-state index is 0. The average Bonchev–Trinajstić information content (AvgIpc) is 2.60. The van der Waals surface area contributed by atoms with Crippen molar-refractivity contribution in [2.24, 2.45) is 0 Å². The molecule has 1 unspecified atom stereocenters. The molecule has 0 spiro atoms. The van der Waals surface area contributed by atoms with Crippen LogP contribution in [0.4, 0.5) is 0 Å². The molecule has 0 aliphatic rings. The number of ether oxygens (including phenoxy) is 1. The second-order valence-corrected chi connectivity index (χ2v) is 6.69. The summed E-state index contributed by atoms with van der Waals surface area (Å²) in [6.07, 6.45) is 14.1. The summed E-state index contributed by atoms with van der Waals surface area (Å²) in [6, 6.07) is 10.1. The van der Waals surface area contributed by atoms with Crippen LogP contribution in [0.1, 0.15) is 98.8 Å². The van der Waals surface area contributed by atoms with Crippen molar-refractivity contribution >= 4 is 43.7 Å². The number of carbonyl (C=O) groups is 1. The van der Waals surface area contributed by atoms with Gasteiger partial charge in [-0.15, -0.1) is 0 Å². The number of rotatable bonds is 14. The van der Waals surface area contributed by atoms with Crippen LogP contribution in [0.15, 0.2) is 30.3 Å². The first-order valence-corrected chi connectivity index (χ1v) is 10.0. The molecule has 0 radical (unpaired) electrons. The van der Waals surface area contributed by atoms with Crippen LogP contribution in [0.25, 0.3) is 0 Å². The third-order valence-electron chi connectivity index (χ3n) is 4.62. The van der Waals surface area contributed by atoms with Gasteiger partial charge in [-0.2, -0.15) is 0 Å². The van der Waals surface area contributed by atoms with Crippen molar-refractivity contribution in [3.63, 3.8) is 0 Å². The number of hydrogen-bond acceptors (Lipinski definition) is 2. The van der Waals surface area contributed by atoms with Gasteiger partial charge in [0, 0.05) is 0 Å². The quantitative estimate of drug-likeness (QED) is 0.211. The molecule has 2 nitrogen and oxygen atoms in total. The Kier molecular flexibility index (Phi) is 17.3. The third kappa shape index (κ3) is 12.0. The van der Waals surface area contributed by atoms with E-state index in [0.717, 1.165) is 18.4 Å². The first kappa shape index (κ1) is 24.9. The van der Waals surface area contributed by atoms with E-state index in [1.54, 1.807) is 0 Å². The number of benzene rings is 1. The monoisotopic (exact) mass is 374 g/mol. The van der Waals surface area contributed by atoms with E-state index in [0.29, 0.717) is 6.61 Å². The van der Waals surface area contributed by atoms with Crippen molar-refractivity contribution in [3.05, 3.63) is 35.9 Å². The van der Waals surface area contributed by atoms with Gasteiger partial charge >= 0.3 is 43.7 Å². The zero-order valence-corrected chi connectivity index (χ0v) is 18.7. The molecule has 1 atom stereocenters. The van der Waals surface area contributed by atoms with Gasteiger partial charge in [0.15, 0.2) is 0 Å². The van der Waals surface area contributed by atoms with Crippen molar-refractivity contribution < 1.29 is 12.4 Å². The van der Waals surface area contributed by atoms with Crippen molar-refractivity contribution in [2.45, 2.75) is 90.4 Å². The van der Waals surface area contributed by atoms with Gasteiger partial charge in [-0.1, -0.05) is 101 Å². The maximum absolute atomic E-state index is 12.2. The topological polar surface area (TPSA) is 26.3 Å². The summed E-state index contributed by atoms with van der Waals surface area (Å²) < 4.78 is 5.26.